The number of aromatic nitrogens is 2. The minimum Gasteiger partial charge on any atom is -0.477 e. The Labute approximate surface area is 111 Å². The summed E-state index contributed by atoms with van der Waals surface area (Å²) in [6, 6.07) is 7.32. The van der Waals surface area contributed by atoms with Crippen LogP contribution in [0.1, 0.15) is 27.4 Å². The molecule has 0 atom stereocenters. The fourth-order valence-electron chi connectivity index (χ4n) is 1.77. The van der Waals surface area contributed by atoms with Crippen molar-refractivity contribution in [3.05, 3.63) is 46.9 Å². The van der Waals surface area contributed by atoms with Gasteiger partial charge in [-0.15, -0.1) is 0 Å². The Morgan fingerprint density at radius 2 is 1.95 bits per heavy atom. The van der Waals surface area contributed by atoms with Crippen LogP contribution in [0.2, 0.25) is 0 Å². The minimum atomic E-state index is -1.06. The third kappa shape index (κ3) is 2.88. The van der Waals surface area contributed by atoms with Crippen molar-refractivity contribution >= 4 is 17.5 Å². The number of carboxylic acid groups (broad SMARTS) is 1. The molecule has 0 amide bonds. The SMILES string of the molecule is Cc1nc(Nc2cccc(C)c2C)cc(C(=O)O)n1. The molecule has 0 saturated heterocycles. The molecule has 0 aliphatic rings. The number of aromatic carboxylic acids is 1. The molecular formula is C14H15N3O2. The first-order valence-electron chi connectivity index (χ1n) is 5.89. The van der Waals surface area contributed by atoms with Crippen LogP contribution in [0.5, 0.6) is 0 Å². The van der Waals surface area contributed by atoms with Crippen molar-refractivity contribution in [3.63, 3.8) is 0 Å². The number of nitrogens with zero attached hydrogens (tertiary/aromatic N) is 2. The van der Waals surface area contributed by atoms with Gasteiger partial charge in [-0.25, -0.2) is 14.8 Å². The predicted octanol–water partition coefficient (Wildman–Crippen LogP) is 2.84. The largest absolute Gasteiger partial charge is 0.477 e. The summed E-state index contributed by atoms with van der Waals surface area (Å²) in [7, 11) is 0. The summed E-state index contributed by atoms with van der Waals surface area (Å²) >= 11 is 0. The van der Waals surface area contributed by atoms with E-state index >= 15 is 0 Å². The van der Waals surface area contributed by atoms with Gasteiger partial charge < -0.3 is 10.4 Å². The Morgan fingerprint density at radius 1 is 1.21 bits per heavy atom. The van der Waals surface area contributed by atoms with Crippen LogP contribution in [-0.4, -0.2) is 21.0 Å². The minimum absolute atomic E-state index is 0.0136. The lowest BCUT2D eigenvalue weighted by Gasteiger charge is -2.11. The lowest BCUT2D eigenvalue weighted by molar-refractivity contribution is 0.0690. The second-order valence-corrected chi connectivity index (χ2v) is 4.36. The van der Waals surface area contributed by atoms with E-state index in [9.17, 15) is 4.79 Å². The molecular weight excluding hydrogens is 242 g/mol. The number of nitrogens with one attached hydrogen (secondary N) is 1. The highest BCUT2D eigenvalue weighted by molar-refractivity contribution is 5.86. The summed E-state index contributed by atoms with van der Waals surface area (Å²) in [5.74, 6) is -0.152. The van der Waals surface area contributed by atoms with Crippen molar-refractivity contribution in [2.45, 2.75) is 20.8 Å². The molecule has 98 valence electrons. The van der Waals surface area contributed by atoms with E-state index in [4.69, 9.17) is 5.11 Å². The van der Waals surface area contributed by atoms with Gasteiger partial charge in [0.1, 0.15) is 11.6 Å². The summed E-state index contributed by atoms with van der Waals surface area (Å²) < 4.78 is 0. The highest BCUT2D eigenvalue weighted by Gasteiger charge is 2.09. The molecule has 19 heavy (non-hydrogen) atoms. The summed E-state index contributed by atoms with van der Waals surface area (Å²) in [4.78, 5) is 19.0. The van der Waals surface area contributed by atoms with E-state index in [-0.39, 0.29) is 5.69 Å². The Morgan fingerprint density at radius 3 is 2.63 bits per heavy atom. The number of anilines is 2. The van der Waals surface area contributed by atoms with Gasteiger partial charge in [-0.05, 0) is 38.0 Å². The van der Waals surface area contributed by atoms with Crippen LogP contribution in [-0.2, 0) is 0 Å². The smallest absolute Gasteiger partial charge is 0.354 e. The maximum atomic E-state index is 11.0. The van der Waals surface area contributed by atoms with Crippen LogP contribution in [0, 0.1) is 20.8 Å². The van der Waals surface area contributed by atoms with Gasteiger partial charge in [0.05, 0.1) is 0 Å². The van der Waals surface area contributed by atoms with E-state index < -0.39 is 5.97 Å². The monoisotopic (exact) mass is 257 g/mol. The first-order valence-corrected chi connectivity index (χ1v) is 5.89. The lowest BCUT2D eigenvalue weighted by Crippen LogP contribution is -2.06. The average Bonchev–Trinajstić information content (AvgIpc) is 2.34. The van der Waals surface area contributed by atoms with Crippen LogP contribution in [0.25, 0.3) is 0 Å². The van der Waals surface area contributed by atoms with Crippen molar-refractivity contribution < 1.29 is 9.90 Å². The Balaban J connectivity index is 2.38. The molecule has 0 bridgehead atoms. The van der Waals surface area contributed by atoms with Gasteiger partial charge in [0.25, 0.3) is 0 Å². The molecule has 0 fully saturated rings. The predicted molar refractivity (Wildman–Crippen MR) is 72.9 cm³/mol. The summed E-state index contributed by atoms with van der Waals surface area (Å²) in [6.45, 7) is 5.69. The van der Waals surface area contributed by atoms with Gasteiger partial charge in [0, 0.05) is 11.8 Å². The molecule has 5 heteroatoms. The number of carboxylic acids is 1. The Bertz CT molecular complexity index is 639. The normalized spacial score (nSPS) is 10.3. The fraction of sp³-hybridized carbons (Fsp3) is 0.214. The summed E-state index contributed by atoms with van der Waals surface area (Å²) in [5.41, 5.74) is 3.17. The molecule has 0 unspecified atom stereocenters. The van der Waals surface area contributed by atoms with Crippen molar-refractivity contribution in [1.82, 2.24) is 9.97 Å². The summed E-state index contributed by atoms with van der Waals surface area (Å²) in [6.07, 6.45) is 0. The van der Waals surface area contributed by atoms with Gasteiger partial charge in [0.15, 0.2) is 5.69 Å². The van der Waals surface area contributed by atoms with Gasteiger partial charge >= 0.3 is 5.97 Å². The van der Waals surface area contributed by atoms with E-state index in [1.807, 2.05) is 32.0 Å². The zero-order chi connectivity index (χ0) is 14.0. The van der Waals surface area contributed by atoms with E-state index in [0.29, 0.717) is 11.6 Å². The molecule has 0 saturated carbocycles. The zero-order valence-electron chi connectivity index (χ0n) is 11.1. The molecule has 1 aromatic carbocycles. The molecule has 2 aromatic rings. The highest BCUT2D eigenvalue weighted by atomic mass is 16.4. The maximum Gasteiger partial charge on any atom is 0.354 e. The van der Waals surface area contributed by atoms with Crippen LogP contribution < -0.4 is 5.32 Å². The second-order valence-electron chi connectivity index (χ2n) is 4.36. The highest BCUT2D eigenvalue weighted by Crippen LogP contribution is 2.22. The first-order chi connectivity index (χ1) is 8.97. The third-order valence-corrected chi connectivity index (χ3v) is 2.92. The van der Waals surface area contributed by atoms with Gasteiger partial charge in [-0.3, -0.25) is 0 Å². The van der Waals surface area contributed by atoms with Crippen molar-refractivity contribution in [2.75, 3.05) is 5.32 Å². The molecule has 0 aliphatic carbocycles. The van der Waals surface area contributed by atoms with Crippen LogP contribution >= 0.6 is 0 Å². The standard InChI is InChI=1S/C14H15N3O2/c1-8-5-4-6-11(9(8)2)17-13-7-12(14(18)19)15-10(3)16-13/h4-7H,1-3H3,(H,18,19)(H,15,16,17). The molecule has 2 N–H and O–H groups in total. The number of hydrogen-bond donors (Lipinski definition) is 2. The van der Waals surface area contributed by atoms with Crippen molar-refractivity contribution in [2.24, 2.45) is 0 Å². The molecule has 0 radical (unpaired) electrons. The zero-order valence-corrected chi connectivity index (χ0v) is 11.1. The van der Waals surface area contributed by atoms with Crippen LogP contribution in [0.3, 0.4) is 0 Å². The van der Waals surface area contributed by atoms with E-state index in [1.165, 1.54) is 6.07 Å². The number of hydrogen-bond acceptors (Lipinski definition) is 4. The van der Waals surface area contributed by atoms with Gasteiger partial charge in [0.2, 0.25) is 0 Å². The van der Waals surface area contributed by atoms with E-state index in [0.717, 1.165) is 16.8 Å². The summed E-state index contributed by atoms with van der Waals surface area (Å²) in [5, 5.41) is 12.1. The Hall–Kier alpha value is -2.43. The molecule has 0 aliphatic heterocycles. The van der Waals surface area contributed by atoms with Crippen molar-refractivity contribution in [1.29, 1.82) is 0 Å². The lowest BCUT2D eigenvalue weighted by atomic mass is 10.1. The number of benzene rings is 1. The Kier molecular flexibility index (Phi) is 3.46. The number of rotatable bonds is 3. The van der Waals surface area contributed by atoms with E-state index in [1.54, 1.807) is 6.92 Å². The topological polar surface area (TPSA) is 75.1 Å². The van der Waals surface area contributed by atoms with Crippen LogP contribution in [0.15, 0.2) is 24.3 Å². The molecule has 1 heterocycles. The molecule has 2 rings (SSSR count). The quantitative estimate of drug-likeness (QED) is 0.884. The van der Waals surface area contributed by atoms with Gasteiger partial charge in [-0.2, -0.15) is 0 Å². The first kappa shape index (κ1) is 13.0. The van der Waals surface area contributed by atoms with Crippen LogP contribution in [0.4, 0.5) is 11.5 Å². The van der Waals surface area contributed by atoms with E-state index in [2.05, 4.69) is 15.3 Å². The number of aryl methyl sites for hydroxylation is 2. The third-order valence-electron chi connectivity index (χ3n) is 2.92. The average molecular weight is 257 g/mol. The number of carbonyl (C=O) groups is 1. The molecule has 1 aromatic heterocycles. The van der Waals surface area contributed by atoms with Gasteiger partial charge in [-0.1, -0.05) is 12.1 Å². The second kappa shape index (κ2) is 5.06. The fourth-order valence-corrected chi connectivity index (χ4v) is 1.77. The maximum absolute atomic E-state index is 11.0. The molecule has 0 spiro atoms. The van der Waals surface area contributed by atoms with Crippen molar-refractivity contribution in [3.8, 4) is 0 Å². The molecule has 5 nitrogen and oxygen atoms in total.